The minimum Gasteiger partial charge on any atom is -0.309 e. The Kier molecular flexibility index (Phi) is 7.30. The molecule has 0 aromatic carbocycles. The van der Waals surface area contributed by atoms with Crippen molar-refractivity contribution < 1.29 is 8.42 Å². The van der Waals surface area contributed by atoms with E-state index in [0.29, 0.717) is 13.1 Å². The molecule has 0 radical (unpaired) electrons. The number of sulfonamides is 1. The fourth-order valence-corrected chi connectivity index (χ4v) is 3.42. The molecule has 1 N–H and O–H groups in total. The number of H-pyrrole nitrogens is 1. The highest BCUT2D eigenvalue weighted by molar-refractivity contribution is 7.89. The number of hydrogen-bond acceptors (Lipinski definition) is 5. The Morgan fingerprint density at radius 2 is 1.52 bits per heavy atom. The van der Waals surface area contributed by atoms with Crippen molar-refractivity contribution in [1.29, 1.82) is 0 Å². The molecule has 1 aromatic heterocycles. The van der Waals surface area contributed by atoms with Crippen LogP contribution in [0, 0.1) is 0 Å². The van der Waals surface area contributed by atoms with Crippen LogP contribution in [0.1, 0.15) is 12.8 Å². The molecule has 0 spiro atoms. The third kappa shape index (κ3) is 6.13. The van der Waals surface area contributed by atoms with Crippen LogP contribution in [0.5, 0.6) is 0 Å². The first-order chi connectivity index (χ1) is 9.84. The smallest absolute Gasteiger partial charge is 0.259 e. The Balaban J connectivity index is 2.70. The molecule has 0 bridgehead atoms. The molecule has 7 nitrogen and oxygen atoms in total. The fourth-order valence-electron chi connectivity index (χ4n) is 2.00. The molecule has 8 heteroatoms. The summed E-state index contributed by atoms with van der Waals surface area (Å²) in [6, 6.07) is 1.50. The van der Waals surface area contributed by atoms with Gasteiger partial charge < -0.3 is 9.80 Å². The molecular formula is C13H27N5O2S. The molecule has 0 atom stereocenters. The zero-order chi connectivity index (χ0) is 15.9. The van der Waals surface area contributed by atoms with Gasteiger partial charge in [-0.2, -0.15) is 9.40 Å². The third-order valence-corrected chi connectivity index (χ3v) is 4.95. The summed E-state index contributed by atoms with van der Waals surface area (Å²) in [6.45, 7) is 2.77. The molecule has 0 fully saturated rings. The number of aromatic amines is 1. The van der Waals surface area contributed by atoms with Gasteiger partial charge in [-0.1, -0.05) is 0 Å². The third-order valence-electron chi connectivity index (χ3n) is 3.12. The van der Waals surface area contributed by atoms with Crippen LogP contribution in [0.25, 0.3) is 0 Å². The van der Waals surface area contributed by atoms with Gasteiger partial charge in [0.05, 0.1) is 6.20 Å². The van der Waals surface area contributed by atoms with Crippen molar-refractivity contribution in [2.24, 2.45) is 0 Å². The lowest BCUT2D eigenvalue weighted by Gasteiger charge is -2.23. The largest absolute Gasteiger partial charge is 0.309 e. The quantitative estimate of drug-likeness (QED) is 0.672. The van der Waals surface area contributed by atoms with Gasteiger partial charge in [-0.05, 0) is 60.2 Å². The number of hydrogen-bond donors (Lipinski definition) is 1. The van der Waals surface area contributed by atoms with E-state index in [-0.39, 0.29) is 5.03 Å². The van der Waals surface area contributed by atoms with Crippen molar-refractivity contribution >= 4 is 10.0 Å². The van der Waals surface area contributed by atoms with E-state index in [2.05, 4.69) is 20.0 Å². The Morgan fingerprint density at radius 1 is 1.00 bits per heavy atom. The topological polar surface area (TPSA) is 72.5 Å². The average Bonchev–Trinajstić information content (AvgIpc) is 2.90. The average molecular weight is 317 g/mol. The highest BCUT2D eigenvalue weighted by Crippen LogP contribution is 2.13. The molecule has 21 heavy (non-hydrogen) atoms. The minimum atomic E-state index is -3.48. The van der Waals surface area contributed by atoms with Gasteiger partial charge in [0.1, 0.15) is 0 Å². The number of nitrogens with one attached hydrogen (secondary N) is 1. The highest BCUT2D eigenvalue weighted by Gasteiger charge is 2.24. The molecule has 1 heterocycles. The Bertz CT molecular complexity index is 471. The molecule has 0 aliphatic rings. The minimum absolute atomic E-state index is 0.164. The lowest BCUT2D eigenvalue weighted by Crippen LogP contribution is -2.35. The maximum atomic E-state index is 12.6. The van der Waals surface area contributed by atoms with Gasteiger partial charge in [-0.15, -0.1) is 0 Å². The van der Waals surface area contributed by atoms with E-state index in [1.54, 1.807) is 4.31 Å². The summed E-state index contributed by atoms with van der Waals surface area (Å²) in [4.78, 5) is 4.11. The monoisotopic (exact) mass is 317 g/mol. The van der Waals surface area contributed by atoms with Crippen LogP contribution < -0.4 is 0 Å². The zero-order valence-corrected chi connectivity index (χ0v) is 14.2. The second kappa shape index (κ2) is 8.47. The molecular weight excluding hydrogens is 290 g/mol. The predicted octanol–water partition coefficient (Wildman–Crippen LogP) is 0.304. The first-order valence-corrected chi connectivity index (χ1v) is 8.57. The normalized spacial score (nSPS) is 12.7. The van der Waals surface area contributed by atoms with E-state index in [1.807, 2.05) is 28.2 Å². The van der Waals surface area contributed by atoms with Crippen LogP contribution in [-0.4, -0.2) is 87.1 Å². The number of aromatic nitrogens is 2. The molecule has 0 aliphatic carbocycles. The van der Waals surface area contributed by atoms with Crippen molar-refractivity contribution in [3.63, 3.8) is 0 Å². The van der Waals surface area contributed by atoms with Crippen molar-refractivity contribution in [1.82, 2.24) is 24.3 Å². The summed E-state index contributed by atoms with van der Waals surface area (Å²) in [7, 11) is 4.47. The molecule has 122 valence electrons. The van der Waals surface area contributed by atoms with E-state index in [0.717, 1.165) is 25.9 Å². The Labute approximate surface area is 128 Å². The van der Waals surface area contributed by atoms with Crippen LogP contribution >= 0.6 is 0 Å². The SMILES string of the molecule is CN(C)CCCN(CCCN(C)C)S(=O)(=O)c1ccn[nH]1. The van der Waals surface area contributed by atoms with E-state index in [4.69, 9.17) is 0 Å². The van der Waals surface area contributed by atoms with Gasteiger partial charge in [-0.3, -0.25) is 5.10 Å². The van der Waals surface area contributed by atoms with Crippen molar-refractivity contribution in [2.45, 2.75) is 17.9 Å². The van der Waals surface area contributed by atoms with E-state index < -0.39 is 10.0 Å². The van der Waals surface area contributed by atoms with Crippen LogP contribution in [0.4, 0.5) is 0 Å². The summed E-state index contributed by atoms with van der Waals surface area (Å²) in [6.07, 6.45) is 3.08. The molecule has 0 saturated heterocycles. The zero-order valence-electron chi connectivity index (χ0n) is 13.4. The van der Waals surface area contributed by atoms with Crippen LogP contribution in [-0.2, 0) is 10.0 Å². The summed E-state index contributed by atoms with van der Waals surface area (Å²) < 4.78 is 26.7. The Hall–Kier alpha value is -0.960. The first kappa shape index (κ1) is 18.1. The lowest BCUT2D eigenvalue weighted by molar-refractivity contribution is 0.326. The molecule has 0 aliphatic heterocycles. The maximum absolute atomic E-state index is 12.6. The van der Waals surface area contributed by atoms with E-state index >= 15 is 0 Å². The molecule has 0 amide bonds. The van der Waals surface area contributed by atoms with Crippen molar-refractivity contribution in [2.75, 3.05) is 54.4 Å². The van der Waals surface area contributed by atoms with Gasteiger partial charge in [0.25, 0.3) is 10.0 Å². The van der Waals surface area contributed by atoms with Gasteiger partial charge in [0, 0.05) is 13.1 Å². The second-order valence-corrected chi connectivity index (χ2v) is 7.54. The summed E-state index contributed by atoms with van der Waals surface area (Å²) in [5.41, 5.74) is 0. The Morgan fingerprint density at radius 3 is 1.90 bits per heavy atom. The lowest BCUT2D eigenvalue weighted by atomic mass is 10.3. The van der Waals surface area contributed by atoms with E-state index in [9.17, 15) is 8.42 Å². The molecule has 0 saturated carbocycles. The summed E-state index contributed by atoms with van der Waals surface area (Å²) in [5.74, 6) is 0. The van der Waals surface area contributed by atoms with Gasteiger partial charge >= 0.3 is 0 Å². The van der Waals surface area contributed by atoms with E-state index in [1.165, 1.54) is 12.3 Å². The second-order valence-electron chi connectivity index (χ2n) is 5.64. The number of rotatable bonds is 10. The van der Waals surface area contributed by atoms with Crippen LogP contribution in [0.15, 0.2) is 17.3 Å². The highest BCUT2D eigenvalue weighted by atomic mass is 32.2. The first-order valence-electron chi connectivity index (χ1n) is 7.13. The molecule has 1 aromatic rings. The van der Waals surface area contributed by atoms with Crippen LogP contribution in [0.2, 0.25) is 0 Å². The summed E-state index contributed by atoms with van der Waals surface area (Å²) >= 11 is 0. The predicted molar refractivity (Wildman–Crippen MR) is 83.7 cm³/mol. The molecule has 1 rings (SSSR count). The summed E-state index contributed by atoms with van der Waals surface area (Å²) in [5, 5.41) is 6.46. The van der Waals surface area contributed by atoms with Gasteiger partial charge in [0.15, 0.2) is 5.03 Å². The van der Waals surface area contributed by atoms with Crippen molar-refractivity contribution in [3.05, 3.63) is 12.3 Å². The molecule has 0 unspecified atom stereocenters. The van der Waals surface area contributed by atoms with Gasteiger partial charge in [0.2, 0.25) is 0 Å². The number of nitrogens with zero attached hydrogens (tertiary/aromatic N) is 4. The standard InChI is InChI=1S/C13H27N5O2S/c1-16(2)9-5-11-18(12-6-10-17(3)4)21(19,20)13-7-8-14-15-13/h7-8H,5-6,9-12H2,1-4H3,(H,14,15). The maximum Gasteiger partial charge on any atom is 0.259 e. The van der Waals surface area contributed by atoms with Crippen molar-refractivity contribution in [3.8, 4) is 0 Å². The van der Waals surface area contributed by atoms with Gasteiger partial charge in [-0.25, -0.2) is 8.42 Å². The fraction of sp³-hybridized carbons (Fsp3) is 0.769. The van der Waals surface area contributed by atoms with Crippen LogP contribution in [0.3, 0.4) is 0 Å².